The minimum absolute atomic E-state index is 0.0118. The maximum absolute atomic E-state index is 13.4. The van der Waals surface area contributed by atoms with Gasteiger partial charge in [-0.2, -0.15) is 0 Å². The molecule has 2 unspecified atom stereocenters. The van der Waals surface area contributed by atoms with E-state index in [0.717, 1.165) is 12.8 Å². The Morgan fingerprint density at radius 1 is 0.702 bits per heavy atom. The van der Waals surface area contributed by atoms with E-state index in [-0.39, 0.29) is 40.7 Å². The molecule has 0 aliphatic rings. The molecule has 0 heterocycles. The van der Waals surface area contributed by atoms with Gasteiger partial charge in [0.15, 0.2) is 11.6 Å². The van der Waals surface area contributed by atoms with E-state index in [1.807, 2.05) is 19.9 Å². The van der Waals surface area contributed by atoms with E-state index >= 15 is 0 Å². The van der Waals surface area contributed by atoms with Crippen LogP contribution >= 0.6 is 0 Å². The van der Waals surface area contributed by atoms with Crippen LogP contribution in [0, 0.1) is 10.8 Å². The van der Waals surface area contributed by atoms with E-state index in [2.05, 4.69) is 62.3 Å². The summed E-state index contributed by atoms with van der Waals surface area (Å²) in [6.45, 7) is 28.2. The van der Waals surface area contributed by atoms with E-state index in [1.165, 1.54) is 0 Å². The molecule has 0 amide bonds. The SMILES string of the molecule is CCC(C)(CC(C)OC(C)(C)C(C)(C)COC(C)(C)C(C)=O)C(C)(C)OCC(C)(C)OC(=O)c1ccccc1C(=O)c1ccccc1. The Balaban J connectivity index is 2.11. The highest BCUT2D eigenvalue weighted by molar-refractivity contribution is 6.14. The lowest BCUT2D eigenvalue weighted by Gasteiger charge is -2.48. The second-order valence-corrected chi connectivity index (χ2v) is 16.0. The molecule has 2 rings (SSSR count). The number of rotatable bonds is 18. The Morgan fingerprint density at radius 2 is 1.23 bits per heavy atom. The van der Waals surface area contributed by atoms with Gasteiger partial charge in [0.25, 0.3) is 0 Å². The highest BCUT2D eigenvalue weighted by Gasteiger charge is 2.46. The minimum atomic E-state index is -0.965. The van der Waals surface area contributed by atoms with Gasteiger partial charge in [0, 0.05) is 16.5 Å². The quantitative estimate of drug-likeness (QED) is 0.117. The third-order valence-corrected chi connectivity index (χ3v) is 10.3. The van der Waals surface area contributed by atoms with Gasteiger partial charge in [-0.05, 0) is 93.6 Å². The molecule has 0 saturated heterocycles. The van der Waals surface area contributed by atoms with E-state index in [0.29, 0.717) is 17.7 Å². The van der Waals surface area contributed by atoms with Gasteiger partial charge in [0.2, 0.25) is 0 Å². The third-order valence-electron chi connectivity index (χ3n) is 10.3. The van der Waals surface area contributed by atoms with Crippen LogP contribution in [0.15, 0.2) is 54.6 Å². The van der Waals surface area contributed by atoms with Gasteiger partial charge in [-0.15, -0.1) is 0 Å². The van der Waals surface area contributed by atoms with Gasteiger partial charge in [0.1, 0.15) is 11.2 Å². The smallest absolute Gasteiger partial charge is 0.339 e. The van der Waals surface area contributed by atoms with E-state index in [1.54, 1.807) is 69.3 Å². The standard InChI is InChI=1S/C40H60O7/c1-15-40(14,25-28(2)46-38(10,11)35(4,5)26-44-37(8,9)29(3)41)39(12,13)45-27-36(6,7)47-34(43)32-24-20-19-23-31(32)33(42)30-21-17-16-18-22-30/h16-24,28H,15,25-27H2,1-14H3. The molecule has 2 aromatic carbocycles. The lowest BCUT2D eigenvalue weighted by molar-refractivity contribution is -0.192. The van der Waals surface area contributed by atoms with Crippen molar-refractivity contribution >= 4 is 17.5 Å². The van der Waals surface area contributed by atoms with Crippen LogP contribution in [0.25, 0.3) is 0 Å². The average molecular weight is 653 g/mol. The van der Waals surface area contributed by atoms with Crippen LogP contribution in [0.1, 0.15) is 136 Å². The zero-order chi connectivity index (χ0) is 36.1. The predicted molar refractivity (Wildman–Crippen MR) is 188 cm³/mol. The zero-order valence-electron chi connectivity index (χ0n) is 31.5. The Hall–Kier alpha value is -2.87. The molecule has 7 nitrogen and oxygen atoms in total. The summed E-state index contributed by atoms with van der Waals surface area (Å²) >= 11 is 0. The van der Waals surface area contributed by atoms with Crippen LogP contribution in [0.4, 0.5) is 0 Å². The van der Waals surface area contributed by atoms with Crippen molar-refractivity contribution in [2.75, 3.05) is 13.2 Å². The summed E-state index contributed by atoms with van der Waals surface area (Å²) in [6, 6.07) is 15.6. The van der Waals surface area contributed by atoms with Crippen molar-refractivity contribution in [2.24, 2.45) is 10.8 Å². The molecule has 0 aliphatic carbocycles. The lowest BCUT2D eigenvalue weighted by atomic mass is 9.69. The van der Waals surface area contributed by atoms with Crippen molar-refractivity contribution in [3.8, 4) is 0 Å². The second-order valence-electron chi connectivity index (χ2n) is 16.0. The summed E-state index contributed by atoms with van der Waals surface area (Å²) in [6.07, 6.45) is 1.45. The first-order valence-electron chi connectivity index (χ1n) is 16.8. The summed E-state index contributed by atoms with van der Waals surface area (Å²) < 4.78 is 25.3. The van der Waals surface area contributed by atoms with Crippen molar-refractivity contribution < 1.29 is 33.3 Å². The molecule has 47 heavy (non-hydrogen) atoms. The molecule has 0 saturated carbocycles. The van der Waals surface area contributed by atoms with Gasteiger partial charge in [-0.3, -0.25) is 9.59 Å². The number of ether oxygens (including phenoxy) is 4. The first-order valence-corrected chi connectivity index (χ1v) is 16.8. The molecule has 0 aliphatic heterocycles. The van der Waals surface area contributed by atoms with E-state index in [4.69, 9.17) is 18.9 Å². The predicted octanol–water partition coefficient (Wildman–Crippen LogP) is 9.05. The van der Waals surface area contributed by atoms with Crippen molar-refractivity contribution in [2.45, 2.75) is 138 Å². The van der Waals surface area contributed by atoms with Crippen LogP contribution in [-0.4, -0.2) is 59.3 Å². The summed E-state index contributed by atoms with van der Waals surface area (Å²) in [7, 11) is 0. The van der Waals surface area contributed by atoms with Crippen molar-refractivity contribution in [3.05, 3.63) is 71.3 Å². The fraction of sp³-hybridized carbons (Fsp3) is 0.625. The van der Waals surface area contributed by atoms with E-state index in [9.17, 15) is 14.4 Å². The third kappa shape index (κ3) is 10.3. The number of hydrogen-bond acceptors (Lipinski definition) is 7. The highest BCUT2D eigenvalue weighted by atomic mass is 16.6. The first-order chi connectivity index (χ1) is 21.4. The van der Waals surface area contributed by atoms with Crippen molar-refractivity contribution in [1.82, 2.24) is 0 Å². The number of Topliss-reactive ketones (excluding diaryl/α,β-unsaturated/α-hetero) is 1. The van der Waals surface area contributed by atoms with Crippen molar-refractivity contribution in [1.29, 1.82) is 0 Å². The monoisotopic (exact) mass is 652 g/mol. The van der Waals surface area contributed by atoms with Gasteiger partial charge >= 0.3 is 5.97 Å². The van der Waals surface area contributed by atoms with Gasteiger partial charge < -0.3 is 18.9 Å². The Labute approximate surface area is 284 Å². The summed E-state index contributed by atoms with van der Waals surface area (Å²) in [4.78, 5) is 38.6. The van der Waals surface area contributed by atoms with Crippen LogP contribution in [0.2, 0.25) is 0 Å². The zero-order valence-corrected chi connectivity index (χ0v) is 31.5. The number of carbonyl (C=O) groups is 3. The number of hydrogen-bond donors (Lipinski definition) is 0. The number of ketones is 2. The topological polar surface area (TPSA) is 88.1 Å². The molecule has 2 aromatic rings. The Morgan fingerprint density at radius 3 is 1.77 bits per heavy atom. The fourth-order valence-electron chi connectivity index (χ4n) is 5.26. The molecule has 0 fully saturated rings. The molecular formula is C40H60O7. The average Bonchev–Trinajstić information content (AvgIpc) is 2.98. The van der Waals surface area contributed by atoms with Crippen LogP contribution < -0.4 is 0 Å². The number of carbonyl (C=O) groups excluding carboxylic acids is 3. The molecule has 0 aromatic heterocycles. The number of benzene rings is 2. The highest BCUT2D eigenvalue weighted by Crippen LogP contribution is 2.44. The summed E-state index contributed by atoms with van der Waals surface area (Å²) in [5.41, 5.74) is -2.60. The van der Waals surface area contributed by atoms with Gasteiger partial charge in [-0.25, -0.2) is 4.79 Å². The molecule has 0 spiro atoms. The van der Waals surface area contributed by atoms with Crippen molar-refractivity contribution in [3.63, 3.8) is 0 Å². The minimum Gasteiger partial charge on any atom is -0.454 e. The Bertz CT molecular complexity index is 1370. The number of esters is 1. The maximum atomic E-state index is 13.4. The van der Waals surface area contributed by atoms with Crippen LogP contribution in [0.5, 0.6) is 0 Å². The molecule has 0 bridgehead atoms. The fourth-order valence-corrected chi connectivity index (χ4v) is 5.26. The van der Waals surface area contributed by atoms with Gasteiger partial charge in [-0.1, -0.05) is 76.2 Å². The van der Waals surface area contributed by atoms with Gasteiger partial charge in [0.05, 0.1) is 36.1 Å². The summed E-state index contributed by atoms with van der Waals surface area (Å²) in [5.74, 6) is -0.818. The summed E-state index contributed by atoms with van der Waals surface area (Å²) in [5, 5.41) is 0. The molecular weight excluding hydrogens is 592 g/mol. The normalized spacial score (nSPS) is 15.1. The first kappa shape index (κ1) is 40.3. The van der Waals surface area contributed by atoms with Crippen LogP contribution in [0.3, 0.4) is 0 Å². The molecule has 0 radical (unpaired) electrons. The maximum Gasteiger partial charge on any atom is 0.339 e. The van der Waals surface area contributed by atoms with E-state index < -0.39 is 28.4 Å². The van der Waals surface area contributed by atoms with Crippen LogP contribution in [-0.2, 0) is 23.7 Å². The molecule has 0 N–H and O–H groups in total. The lowest BCUT2D eigenvalue weighted by Crippen LogP contribution is -2.51. The second kappa shape index (κ2) is 15.1. The largest absolute Gasteiger partial charge is 0.454 e. The molecule has 7 heteroatoms. The molecule has 2 atom stereocenters. The molecule has 262 valence electrons. The Kier molecular flexibility index (Phi) is 13.0.